The second kappa shape index (κ2) is 7.51. The van der Waals surface area contributed by atoms with E-state index in [9.17, 15) is 9.59 Å². The first-order valence-electron chi connectivity index (χ1n) is 11.5. The highest BCUT2D eigenvalue weighted by atomic mass is 16.6. The Balaban J connectivity index is 1.72. The Bertz CT molecular complexity index is 1080. The first-order chi connectivity index (χ1) is 15.2. The molecule has 172 valence electrons. The zero-order valence-electron chi connectivity index (χ0n) is 19.5. The number of fused-ring (bicyclic) bond motifs is 4. The number of nitrogens with zero attached hydrogens (tertiary/aromatic N) is 2. The van der Waals surface area contributed by atoms with Crippen molar-refractivity contribution >= 4 is 23.0 Å². The lowest BCUT2D eigenvalue weighted by molar-refractivity contribution is -0.154. The van der Waals surface area contributed by atoms with Crippen LogP contribution in [0.2, 0.25) is 0 Å². The van der Waals surface area contributed by atoms with Crippen LogP contribution < -0.4 is 4.74 Å². The predicted octanol–water partition coefficient (Wildman–Crippen LogP) is 3.96. The molecule has 6 rings (SSSR count). The van der Waals surface area contributed by atoms with Crippen LogP contribution in [0, 0.1) is 11.8 Å². The van der Waals surface area contributed by atoms with Gasteiger partial charge in [-0.2, -0.15) is 0 Å². The average Bonchev–Trinajstić information content (AvgIpc) is 3.03. The number of hydrogen-bond acceptors (Lipinski definition) is 6. The van der Waals surface area contributed by atoms with Crippen LogP contribution in [0.1, 0.15) is 50.8 Å². The van der Waals surface area contributed by atoms with Crippen molar-refractivity contribution < 1.29 is 23.8 Å². The van der Waals surface area contributed by atoms with Crippen molar-refractivity contribution in [3.63, 3.8) is 0 Å². The highest BCUT2D eigenvalue weighted by Crippen LogP contribution is 2.51. The second-order valence-corrected chi connectivity index (χ2v) is 10.4. The van der Waals surface area contributed by atoms with Crippen molar-refractivity contribution in [3.8, 4) is 5.75 Å². The number of carbonyl (C=O) groups is 2. The topological polar surface area (TPSA) is 70.0 Å². The van der Waals surface area contributed by atoms with Crippen LogP contribution in [-0.4, -0.2) is 60.5 Å². The molecule has 5 atom stereocenters. The number of benzene rings is 1. The zero-order chi connectivity index (χ0) is 22.8. The van der Waals surface area contributed by atoms with E-state index >= 15 is 0 Å². The Hall–Kier alpha value is -2.54. The maximum absolute atomic E-state index is 13.5. The molecule has 4 bridgehead atoms. The Morgan fingerprint density at radius 1 is 1.12 bits per heavy atom. The molecule has 3 aliphatic heterocycles. The van der Waals surface area contributed by atoms with E-state index in [1.807, 2.05) is 39.0 Å². The molecule has 2 aromatic rings. The summed E-state index contributed by atoms with van der Waals surface area (Å²) in [5, 5.41) is 1.03. The molecule has 0 radical (unpaired) electrons. The maximum atomic E-state index is 13.5. The molecule has 7 heteroatoms. The summed E-state index contributed by atoms with van der Waals surface area (Å²) in [6.45, 7) is 7.52. The molecule has 0 amide bonds. The van der Waals surface area contributed by atoms with Crippen LogP contribution in [-0.2, 0) is 20.7 Å². The summed E-state index contributed by atoms with van der Waals surface area (Å²) in [5.41, 5.74) is 2.42. The van der Waals surface area contributed by atoms with E-state index in [-0.39, 0.29) is 29.9 Å². The molecule has 4 aliphatic rings. The number of carbonyl (C=O) groups excluding carboxylic acids is 2. The van der Waals surface area contributed by atoms with Gasteiger partial charge in [0.25, 0.3) is 0 Å². The summed E-state index contributed by atoms with van der Waals surface area (Å²) in [7, 11) is 3.13. The lowest BCUT2D eigenvalue weighted by Gasteiger charge is -2.52. The molecule has 7 nitrogen and oxygen atoms in total. The largest absolute Gasteiger partial charge is 0.497 e. The summed E-state index contributed by atoms with van der Waals surface area (Å²) in [6, 6.07) is 5.90. The summed E-state index contributed by atoms with van der Waals surface area (Å²) in [6.07, 6.45) is 2.29. The normalized spacial score (nSPS) is 28.7. The fraction of sp³-hybridized carbons (Fsp3) is 0.600. The molecule has 1 aromatic carbocycles. The van der Waals surface area contributed by atoms with Crippen LogP contribution in [0.25, 0.3) is 10.9 Å². The monoisotopic (exact) mass is 440 g/mol. The van der Waals surface area contributed by atoms with Gasteiger partial charge in [-0.1, -0.05) is 0 Å². The Labute approximate surface area is 188 Å². The van der Waals surface area contributed by atoms with Gasteiger partial charge in [0.2, 0.25) is 0 Å². The van der Waals surface area contributed by atoms with Crippen LogP contribution in [0.15, 0.2) is 18.2 Å². The minimum atomic E-state index is -0.607. The molecule has 2 saturated heterocycles. The van der Waals surface area contributed by atoms with Gasteiger partial charge >= 0.3 is 12.1 Å². The highest BCUT2D eigenvalue weighted by molar-refractivity contribution is 5.95. The van der Waals surface area contributed by atoms with Gasteiger partial charge in [-0.15, -0.1) is 0 Å². The summed E-state index contributed by atoms with van der Waals surface area (Å²) < 4.78 is 18.3. The van der Waals surface area contributed by atoms with Crippen molar-refractivity contribution in [2.45, 2.75) is 57.6 Å². The van der Waals surface area contributed by atoms with Gasteiger partial charge in [0.05, 0.1) is 25.7 Å². The van der Waals surface area contributed by atoms with Crippen LogP contribution in [0.5, 0.6) is 5.75 Å². The first-order valence-corrected chi connectivity index (χ1v) is 11.5. The third-order valence-electron chi connectivity index (χ3n) is 7.31. The van der Waals surface area contributed by atoms with Crippen LogP contribution in [0.4, 0.5) is 4.79 Å². The van der Waals surface area contributed by atoms with Crippen molar-refractivity contribution in [3.05, 3.63) is 29.5 Å². The molecule has 1 aromatic heterocycles. The van der Waals surface area contributed by atoms with E-state index in [0.717, 1.165) is 54.7 Å². The van der Waals surface area contributed by atoms with Gasteiger partial charge in [0.15, 0.2) is 0 Å². The highest BCUT2D eigenvalue weighted by Gasteiger charge is 2.53. The van der Waals surface area contributed by atoms with E-state index in [1.165, 1.54) is 12.7 Å². The zero-order valence-corrected chi connectivity index (χ0v) is 19.5. The second-order valence-electron chi connectivity index (χ2n) is 10.4. The molecule has 0 spiro atoms. The molecule has 1 unspecified atom stereocenters. The van der Waals surface area contributed by atoms with Gasteiger partial charge in [-0.3, -0.25) is 9.69 Å². The molecule has 32 heavy (non-hydrogen) atoms. The number of piperidine rings is 2. The van der Waals surface area contributed by atoms with E-state index < -0.39 is 5.60 Å². The van der Waals surface area contributed by atoms with Crippen molar-refractivity contribution in [1.82, 2.24) is 9.47 Å². The predicted molar refractivity (Wildman–Crippen MR) is 120 cm³/mol. The third-order valence-corrected chi connectivity index (χ3v) is 7.31. The quantitative estimate of drug-likeness (QED) is 0.659. The minimum absolute atomic E-state index is 0.0427. The molecule has 0 N–H and O–H groups in total. The number of rotatable bonds is 2. The van der Waals surface area contributed by atoms with Crippen molar-refractivity contribution in [1.29, 1.82) is 0 Å². The van der Waals surface area contributed by atoms with E-state index in [1.54, 1.807) is 11.7 Å². The fourth-order valence-electron chi connectivity index (χ4n) is 6.28. The Morgan fingerprint density at radius 2 is 1.91 bits per heavy atom. The molecule has 1 aliphatic carbocycles. The van der Waals surface area contributed by atoms with E-state index in [0.29, 0.717) is 5.92 Å². The number of ether oxygens (including phenoxy) is 3. The van der Waals surface area contributed by atoms with Gasteiger partial charge in [0, 0.05) is 36.1 Å². The lowest BCUT2D eigenvalue weighted by Crippen LogP contribution is -2.58. The number of aromatic nitrogens is 1. The number of methoxy groups -OCH3 is 2. The van der Waals surface area contributed by atoms with Gasteiger partial charge in [0.1, 0.15) is 11.4 Å². The summed E-state index contributed by atoms with van der Waals surface area (Å²) in [4.78, 5) is 28.7. The molecule has 3 fully saturated rings. The molecule has 1 saturated carbocycles. The summed E-state index contributed by atoms with van der Waals surface area (Å²) in [5.74, 6) is 0.959. The third kappa shape index (κ3) is 3.29. The van der Waals surface area contributed by atoms with Gasteiger partial charge < -0.3 is 14.2 Å². The summed E-state index contributed by atoms with van der Waals surface area (Å²) >= 11 is 0. The van der Waals surface area contributed by atoms with Crippen LogP contribution >= 0.6 is 0 Å². The van der Waals surface area contributed by atoms with Gasteiger partial charge in [-0.05, 0) is 69.7 Å². The van der Waals surface area contributed by atoms with E-state index in [2.05, 4.69) is 4.90 Å². The van der Waals surface area contributed by atoms with Crippen molar-refractivity contribution in [2.24, 2.45) is 11.8 Å². The fourth-order valence-corrected chi connectivity index (χ4v) is 6.28. The molecular formula is C25H32N2O5. The van der Waals surface area contributed by atoms with E-state index in [4.69, 9.17) is 14.2 Å². The molecule has 4 heterocycles. The van der Waals surface area contributed by atoms with Crippen molar-refractivity contribution in [2.75, 3.05) is 27.3 Å². The Kier molecular flexibility index (Phi) is 5.00. The van der Waals surface area contributed by atoms with Crippen LogP contribution in [0.3, 0.4) is 0 Å². The smallest absolute Gasteiger partial charge is 0.419 e. The number of hydrogen-bond donors (Lipinski definition) is 0. The SMILES string of the molecule is COC(=O)[C@@H]1C[C@@H]2C[C@H]3c4c(c5cc(OC)ccc5n4C(=O)OC(C)(C)C)CCN(C2)[C@@H]13. The maximum Gasteiger partial charge on any atom is 0.419 e. The minimum Gasteiger partial charge on any atom is -0.497 e. The average molecular weight is 441 g/mol. The Morgan fingerprint density at radius 3 is 2.59 bits per heavy atom. The standard InChI is InChI=1S/C25H32N2O5/c1-25(2,3)32-24(29)27-20-7-6-15(30-4)12-17(20)16-8-9-26-13-14-10-18(22(16)27)21(26)19(11-14)23(28)31-5/h6-7,12,14,18-19,21H,8-11,13H2,1-5H3/t14-,18+,19+,21+/m0/s1. The first kappa shape index (κ1) is 21.3. The lowest BCUT2D eigenvalue weighted by atomic mass is 9.66. The number of esters is 1. The molecular weight excluding hydrogens is 408 g/mol. The van der Waals surface area contributed by atoms with Gasteiger partial charge in [-0.25, -0.2) is 9.36 Å².